The minimum absolute atomic E-state index is 0.0353. The zero-order chi connectivity index (χ0) is 18.9. The van der Waals surface area contributed by atoms with Gasteiger partial charge in [-0.3, -0.25) is 14.5 Å². The van der Waals surface area contributed by atoms with Gasteiger partial charge in [-0.15, -0.1) is 0 Å². The Morgan fingerprint density at radius 2 is 1.70 bits per heavy atom. The second-order valence-electron chi connectivity index (χ2n) is 7.18. The van der Waals surface area contributed by atoms with E-state index >= 15 is 0 Å². The van der Waals surface area contributed by atoms with Crippen LogP contribution < -0.4 is 5.32 Å². The molecule has 0 aliphatic carbocycles. The maximum absolute atomic E-state index is 12.7. The van der Waals surface area contributed by atoms with E-state index in [0.29, 0.717) is 49.7 Å². The van der Waals surface area contributed by atoms with Crippen LogP contribution in [0, 0.1) is 0 Å². The lowest BCUT2D eigenvalue weighted by Crippen LogP contribution is -2.56. The molecule has 2 aromatic carbocycles. The molecule has 2 aromatic rings. The molecule has 0 radical (unpaired) electrons. The Morgan fingerprint density at radius 1 is 1.04 bits per heavy atom. The third-order valence-electron chi connectivity index (χ3n) is 5.64. The summed E-state index contributed by atoms with van der Waals surface area (Å²) in [6, 6.07) is 17.0. The summed E-state index contributed by atoms with van der Waals surface area (Å²) in [6.07, 6.45) is 1.29. The Labute approximate surface area is 163 Å². The molecule has 4 rings (SSSR count). The molecule has 0 unspecified atom stereocenters. The van der Waals surface area contributed by atoms with Gasteiger partial charge in [0.05, 0.1) is 6.67 Å². The number of rotatable bonds is 3. The molecule has 2 saturated heterocycles. The van der Waals surface area contributed by atoms with Gasteiger partial charge < -0.3 is 10.2 Å². The topological polar surface area (TPSA) is 52.7 Å². The first-order valence-electron chi connectivity index (χ1n) is 9.21. The number of carbonyl (C=O) groups excluding carboxylic acids is 2. The number of likely N-dealkylation sites (tertiary alicyclic amines) is 1. The first-order chi connectivity index (χ1) is 13.1. The van der Waals surface area contributed by atoms with E-state index in [2.05, 4.69) is 10.2 Å². The fourth-order valence-electron chi connectivity index (χ4n) is 4.03. The van der Waals surface area contributed by atoms with E-state index in [0.717, 1.165) is 5.56 Å². The van der Waals surface area contributed by atoms with Gasteiger partial charge in [0, 0.05) is 30.2 Å². The van der Waals surface area contributed by atoms with Crippen LogP contribution >= 0.6 is 11.6 Å². The van der Waals surface area contributed by atoms with E-state index < -0.39 is 5.54 Å². The van der Waals surface area contributed by atoms with Gasteiger partial charge in [-0.2, -0.15) is 0 Å². The lowest BCUT2D eigenvalue weighted by atomic mass is 9.85. The fraction of sp³-hybridized carbons (Fsp3) is 0.333. The maximum Gasteiger partial charge on any atom is 0.253 e. The summed E-state index contributed by atoms with van der Waals surface area (Å²) in [5.41, 5.74) is 1.29. The number of piperidine rings is 1. The normalized spacial score (nSPS) is 19.3. The van der Waals surface area contributed by atoms with Gasteiger partial charge in [0.1, 0.15) is 5.54 Å². The van der Waals surface area contributed by atoms with Crippen LogP contribution in [0.15, 0.2) is 54.6 Å². The molecule has 1 N–H and O–H groups in total. The number of amides is 2. The molecule has 140 valence electrons. The number of hydrogen-bond acceptors (Lipinski definition) is 3. The van der Waals surface area contributed by atoms with Crippen LogP contribution in [0.3, 0.4) is 0 Å². The molecule has 5 nitrogen and oxygen atoms in total. The average molecular weight is 384 g/mol. The van der Waals surface area contributed by atoms with Crippen molar-refractivity contribution in [1.29, 1.82) is 0 Å². The second kappa shape index (κ2) is 7.33. The quantitative estimate of drug-likeness (QED) is 0.886. The number of hydrogen-bond donors (Lipinski definition) is 1. The number of nitrogens with zero attached hydrogens (tertiary/aromatic N) is 2. The van der Waals surface area contributed by atoms with Crippen LogP contribution in [-0.4, -0.2) is 46.9 Å². The highest BCUT2D eigenvalue weighted by atomic mass is 35.5. The third-order valence-corrected chi connectivity index (χ3v) is 5.90. The van der Waals surface area contributed by atoms with Gasteiger partial charge in [0.2, 0.25) is 5.91 Å². The van der Waals surface area contributed by atoms with Gasteiger partial charge >= 0.3 is 0 Å². The minimum Gasteiger partial charge on any atom is -0.342 e. The minimum atomic E-state index is -0.535. The van der Waals surface area contributed by atoms with Crippen molar-refractivity contribution in [2.75, 3.05) is 19.8 Å². The van der Waals surface area contributed by atoms with E-state index in [9.17, 15) is 9.59 Å². The molecular formula is C21H22ClN3O2. The van der Waals surface area contributed by atoms with E-state index in [-0.39, 0.29) is 11.8 Å². The highest BCUT2D eigenvalue weighted by Crippen LogP contribution is 2.34. The molecule has 2 aliphatic heterocycles. The molecule has 27 heavy (non-hydrogen) atoms. The Kier molecular flexibility index (Phi) is 4.89. The van der Waals surface area contributed by atoms with Crippen molar-refractivity contribution in [2.45, 2.75) is 24.9 Å². The smallest absolute Gasteiger partial charge is 0.253 e. The van der Waals surface area contributed by atoms with Gasteiger partial charge in [0.25, 0.3) is 5.91 Å². The predicted octanol–water partition coefficient (Wildman–Crippen LogP) is 2.90. The number of benzene rings is 2. The van der Waals surface area contributed by atoms with Crippen molar-refractivity contribution in [2.24, 2.45) is 0 Å². The highest BCUT2D eigenvalue weighted by molar-refractivity contribution is 6.30. The Hall–Kier alpha value is -2.37. The number of halogens is 1. The molecule has 2 fully saturated rings. The summed E-state index contributed by atoms with van der Waals surface area (Å²) in [7, 11) is 0. The summed E-state index contributed by atoms with van der Waals surface area (Å²) in [6.45, 7) is 2.38. The molecule has 0 aromatic heterocycles. The van der Waals surface area contributed by atoms with Crippen LogP contribution in [-0.2, 0) is 11.3 Å². The molecule has 2 heterocycles. The lowest BCUT2D eigenvalue weighted by molar-refractivity contribution is -0.129. The molecular weight excluding hydrogens is 362 g/mol. The van der Waals surface area contributed by atoms with Crippen molar-refractivity contribution < 1.29 is 9.59 Å². The summed E-state index contributed by atoms with van der Waals surface area (Å²) in [4.78, 5) is 29.4. The second-order valence-corrected chi connectivity index (χ2v) is 7.61. The van der Waals surface area contributed by atoms with Crippen molar-refractivity contribution in [3.8, 4) is 0 Å². The zero-order valence-corrected chi connectivity index (χ0v) is 15.8. The van der Waals surface area contributed by atoms with Crippen LogP contribution in [0.2, 0.25) is 5.02 Å². The average Bonchev–Trinajstić information content (AvgIpc) is 3.00. The SMILES string of the molecule is O=C(c1ccccc1)N1CCC2(CC1)C(=O)NCN2Cc1ccc(Cl)cc1. The molecule has 2 aliphatic rings. The van der Waals surface area contributed by atoms with Gasteiger partial charge in [-0.25, -0.2) is 0 Å². The van der Waals surface area contributed by atoms with Crippen molar-refractivity contribution in [3.05, 3.63) is 70.7 Å². The number of carbonyl (C=O) groups is 2. The highest BCUT2D eigenvalue weighted by Gasteiger charge is 2.50. The largest absolute Gasteiger partial charge is 0.342 e. The number of nitrogens with one attached hydrogen (secondary N) is 1. The van der Waals surface area contributed by atoms with E-state index in [4.69, 9.17) is 11.6 Å². The molecule has 2 amide bonds. The van der Waals surface area contributed by atoms with Gasteiger partial charge in [-0.05, 0) is 42.7 Å². The zero-order valence-electron chi connectivity index (χ0n) is 15.0. The van der Waals surface area contributed by atoms with Crippen LogP contribution in [0.1, 0.15) is 28.8 Å². The van der Waals surface area contributed by atoms with Gasteiger partial charge in [-0.1, -0.05) is 41.9 Å². The van der Waals surface area contributed by atoms with Crippen LogP contribution in [0.5, 0.6) is 0 Å². The first-order valence-corrected chi connectivity index (χ1v) is 9.58. The van der Waals surface area contributed by atoms with Crippen molar-refractivity contribution in [3.63, 3.8) is 0 Å². The lowest BCUT2D eigenvalue weighted by Gasteiger charge is -2.42. The van der Waals surface area contributed by atoms with E-state index in [1.54, 1.807) is 0 Å². The van der Waals surface area contributed by atoms with Crippen LogP contribution in [0.4, 0.5) is 0 Å². The summed E-state index contributed by atoms with van der Waals surface area (Å²) < 4.78 is 0. The summed E-state index contributed by atoms with van der Waals surface area (Å²) in [5.74, 6) is 0.108. The standard InChI is InChI=1S/C21H22ClN3O2/c22-18-8-6-16(7-9-18)14-25-15-23-20(27)21(25)10-12-24(13-11-21)19(26)17-4-2-1-3-5-17/h1-9H,10-15H2,(H,23,27). The van der Waals surface area contributed by atoms with Gasteiger partial charge in [0.15, 0.2) is 0 Å². The van der Waals surface area contributed by atoms with E-state index in [1.807, 2.05) is 59.5 Å². The van der Waals surface area contributed by atoms with E-state index in [1.165, 1.54) is 0 Å². The Morgan fingerprint density at radius 3 is 2.37 bits per heavy atom. The monoisotopic (exact) mass is 383 g/mol. The summed E-state index contributed by atoms with van der Waals surface area (Å²) >= 11 is 5.97. The predicted molar refractivity (Wildman–Crippen MR) is 104 cm³/mol. The summed E-state index contributed by atoms with van der Waals surface area (Å²) in [5, 5.41) is 3.70. The Bertz CT molecular complexity index is 830. The molecule has 0 atom stereocenters. The third kappa shape index (κ3) is 3.45. The molecule has 0 bridgehead atoms. The molecule has 6 heteroatoms. The first kappa shape index (κ1) is 18.0. The molecule has 1 spiro atoms. The Balaban J connectivity index is 1.47. The van der Waals surface area contributed by atoms with Crippen LogP contribution in [0.25, 0.3) is 0 Å². The molecule has 0 saturated carbocycles. The maximum atomic E-state index is 12.7. The van der Waals surface area contributed by atoms with Crippen molar-refractivity contribution in [1.82, 2.24) is 15.1 Å². The fourth-order valence-corrected chi connectivity index (χ4v) is 4.16. The van der Waals surface area contributed by atoms with Crippen molar-refractivity contribution >= 4 is 23.4 Å².